The fourth-order valence-corrected chi connectivity index (χ4v) is 2.62. The van der Waals surface area contributed by atoms with Gasteiger partial charge in [-0.1, -0.05) is 30.4 Å². The highest BCUT2D eigenvalue weighted by atomic mass is 15.4. The maximum Gasteiger partial charge on any atom is 0.0559 e. The molecule has 0 aromatic heterocycles. The molecule has 0 amide bonds. The van der Waals surface area contributed by atoms with E-state index in [4.69, 9.17) is 5.84 Å². The average molecular weight is 186 g/mol. The fraction of sp³-hybridized carbons (Fsp3) is 0.333. The van der Waals surface area contributed by atoms with Crippen LogP contribution >= 0.6 is 0 Å². The van der Waals surface area contributed by atoms with E-state index in [9.17, 15) is 0 Å². The third kappa shape index (κ3) is 0.946. The van der Waals surface area contributed by atoms with E-state index < -0.39 is 0 Å². The molecule has 1 heterocycles. The van der Waals surface area contributed by atoms with Gasteiger partial charge in [0.15, 0.2) is 0 Å². The molecule has 14 heavy (non-hydrogen) atoms. The number of hydrogen-bond acceptors (Lipinski definition) is 2. The minimum atomic E-state index is 0.484. The van der Waals surface area contributed by atoms with Gasteiger partial charge in [-0.3, -0.25) is 0 Å². The lowest BCUT2D eigenvalue weighted by atomic mass is 9.88. The van der Waals surface area contributed by atoms with E-state index in [0.717, 1.165) is 6.42 Å². The van der Waals surface area contributed by atoms with Crippen LogP contribution in [0.4, 0.5) is 5.69 Å². The van der Waals surface area contributed by atoms with Crippen molar-refractivity contribution in [3.63, 3.8) is 0 Å². The van der Waals surface area contributed by atoms with Gasteiger partial charge in [-0.15, -0.1) is 0 Å². The van der Waals surface area contributed by atoms with E-state index >= 15 is 0 Å². The third-order valence-electron chi connectivity index (χ3n) is 3.32. The van der Waals surface area contributed by atoms with Gasteiger partial charge in [0, 0.05) is 5.92 Å². The Bertz CT molecular complexity index is 384. The SMILES string of the molecule is NN1c2ccccc2C2C=CCCC21. The predicted molar refractivity (Wildman–Crippen MR) is 58.0 cm³/mol. The lowest BCUT2D eigenvalue weighted by Gasteiger charge is -2.26. The summed E-state index contributed by atoms with van der Waals surface area (Å²) in [6.07, 6.45) is 6.91. The Morgan fingerprint density at radius 1 is 1.29 bits per heavy atom. The van der Waals surface area contributed by atoms with Crippen LogP contribution in [0.2, 0.25) is 0 Å². The van der Waals surface area contributed by atoms with Crippen molar-refractivity contribution in [1.82, 2.24) is 0 Å². The second-order valence-corrected chi connectivity index (χ2v) is 4.06. The normalized spacial score (nSPS) is 28.8. The maximum absolute atomic E-state index is 6.10. The molecule has 2 aliphatic rings. The van der Waals surface area contributed by atoms with Crippen molar-refractivity contribution in [3.8, 4) is 0 Å². The third-order valence-corrected chi connectivity index (χ3v) is 3.32. The van der Waals surface area contributed by atoms with Crippen molar-refractivity contribution < 1.29 is 0 Å². The van der Waals surface area contributed by atoms with Crippen molar-refractivity contribution in [1.29, 1.82) is 0 Å². The van der Waals surface area contributed by atoms with Crippen LogP contribution < -0.4 is 10.9 Å². The Labute approximate surface area is 84.0 Å². The number of hydrazine groups is 1. The van der Waals surface area contributed by atoms with Gasteiger partial charge >= 0.3 is 0 Å². The van der Waals surface area contributed by atoms with Crippen LogP contribution in [0.1, 0.15) is 24.3 Å². The van der Waals surface area contributed by atoms with Crippen LogP contribution in [-0.2, 0) is 0 Å². The number of allylic oxidation sites excluding steroid dienone is 1. The molecule has 2 nitrogen and oxygen atoms in total. The second-order valence-electron chi connectivity index (χ2n) is 4.06. The first-order valence-corrected chi connectivity index (χ1v) is 5.17. The highest BCUT2D eigenvalue weighted by molar-refractivity contribution is 5.62. The predicted octanol–water partition coefficient (Wildman–Crippen LogP) is 2.18. The number of fused-ring (bicyclic) bond motifs is 3. The van der Waals surface area contributed by atoms with Crippen LogP contribution in [0.5, 0.6) is 0 Å². The van der Waals surface area contributed by atoms with E-state index in [1.807, 2.05) is 5.01 Å². The smallest absolute Gasteiger partial charge is 0.0559 e. The Hall–Kier alpha value is -1.28. The van der Waals surface area contributed by atoms with Gasteiger partial charge in [-0.05, 0) is 24.5 Å². The number of benzene rings is 1. The van der Waals surface area contributed by atoms with Crippen LogP contribution in [0.15, 0.2) is 36.4 Å². The number of rotatable bonds is 0. The largest absolute Gasteiger partial charge is 0.307 e. The number of para-hydroxylation sites is 1. The monoisotopic (exact) mass is 186 g/mol. The molecule has 3 rings (SSSR count). The molecule has 1 aromatic rings. The Kier molecular flexibility index (Phi) is 1.64. The van der Waals surface area contributed by atoms with Gasteiger partial charge in [0.05, 0.1) is 11.7 Å². The van der Waals surface area contributed by atoms with E-state index in [0.29, 0.717) is 12.0 Å². The first kappa shape index (κ1) is 8.06. The standard InChI is InChI=1S/C12H14N2/c13-14-11-7-3-1-5-9(11)10-6-2-4-8-12(10)14/h1-3,5-7,10,12H,4,8,13H2. The van der Waals surface area contributed by atoms with Crippen molar-refractivity contribution >= 4 is 5.69 Å². The summed E-state index contributed by atoms with van der Waals surface area (Å²) >= 11 is 0. The Morgan fingerprint density at radius 2 is 2.14 bits per heavy atom. The molecule has 2 atom stereocenters. The minimum absolute atomic E-state index is 0.484. The highest BCUT2D eigenvalue weighted by Gasteiger charge is 2.35. The topological polar surface area (TPSA) is 29.3 Å². The van der Waals surface area contributed by atoms with Crippen molar-refractivity contribution in [3.05, 3.63) is 42.0 Å². The van der Waals surface area contributed by atoms with Crippen molar-refractivity contribution in [2.45, 2.75) is 24.8 Å². The molecule has 72 valence electrons. The zero-order valence-electron chi connectivity index (χ0n) is 8.06. The first-order valence-electron chi connectivity index (χ1n) is 5.17. The lowest BCUT2D eigenvalue weighted by molar-refractivity contribution is 0.535. The minimum Gasteiger partial charge on any atom is -0.307 e. The number of hydrogen-bond donors (Lipinski definition) is 1. The first-order chi connectivity index (χ1) is 6.88. The molecule has 0 spiro atoms. The van der Waals surface area contributed by atoms with Crippen molar-refractivity contribution in [2.75, 3.05) is 5.01 Å². The van der Waals surface area contributed by atoms with E-state index in [1.165, 1.54) is 17.7 Å². The quantitative estimate of drug-likeness (QED) is 0.497. The summed E-state index contributed by atoms with van der Waals surface area (Å²) in [4.78, 5) is 0. The molecule has 1 aliphatic carbocycles. The lowest BCUT2D eigenvalue weighted by Crippen LogP contribution is -2.40. The Balaban J connectivity index is 2.13. The van der Waals surface area contributed by atoms with E-state index in [1.54, 1.807) is 0 Å². The molecule has 1 aliphatic heterocycles. The summed E-state index contributed by atoms with van der Waals surface area (Å²) in [5.41, 5.74) is 2.59. The summed E-state index contributed by atoms with van der Waals surface area (Å²) in [7, 11) is 0. The second kappa shape index (κ2) is 2.85. The van der Waals surface area contributed by atoms with Crippen molar-refractivity contribution in [2.24, 2.45) is 5.84 Å². The van der Waals surface area contributed by atoms with Gasteiger partial charge in [0.25, 0.3) is 0 Å². The number of anilines is 1. The van der Waals surface area contributed by atoms with E-state index in [2.05, 4.69) is 36.4 Å². The van der Waals surface area contributed by atoms with Crippen LogP contribution in [0, 0.1) is 0 Å². The molecular formula is C12H14N2. The highest BCUT2D eigenvalue weighted by Crippen LogP contribution is 2.43. The van der Waals surface area contributed by atoms with Gasteiger partial charge in [-0.2, -0.15) is 0 Å². The molecule has 1 aromatic carbocycles. The number of nitrogens with zero attached hydrogens (tertiary/aromatic N) is 1. The fourth-order valence-electron chi connectivity index (χ4n) is 2.62. The van der Waals surface area contributed by atoms with Gasteiger partial charge in [0.2, 0.25) is 0 Å². The molecule has 2 N–H and O–H groups in total. The van der Waals surface area contributed by atoms with Crippen LogP contribution in [0.25, 0.3) is 0 Å². The zero-order valence-corrected chi connectivity index (χ0v) is 8.06. The zero-order chi connectivity index (χ0) is 9.54. The summed E-state index contributed by atoms with van der Waals surface area (Å²) in [6.45, 7) is 0. The van der Waals surface area contributed by atoms with E-state index in [-0.39, 0.29) is 0 Å². The molecule has 2 unspecified atom stereocenters. The molecular weight excluding hydrogens is 172 g/mol. The molecule has 0 radical (unpaired) electrons. The number of nitrogens with two attached hydrogens (primary N) is 1. The molecule has 0 fully saturated rings. The summed E-state index contributed by atoms with van der Waals surface area (Å²) in [6, 6.07) is 8.94. The summed E-state index contributed by atoms with van der Waals surface area (Å²) in [5.74, 6) is 6.62. The van der Waals surface area contributed by atoms with Crippen LogP contribution in [0.3, 0.4) is 0 Å². The molecule has 0 saturated carbocycles. The Morgan fingerprint density at radius 3 is 3.07 bits per heavy atom. The van der Waals surface area contributed by atoms with Gasteiger partial charge in [-0.25, -0.2) is 5.84 Å². The van der Waals surface area contributed by atoms with Gasteiger partial charge in [0.1, 0.15) is 0 Å². The molecule has 0 saturated heterocycles. The van der Waals surface area contributed by atoms with Crippen LogP contribution in [-0.4, -0.2) is 6.04 Å². The molecule has 0 bridgehead atoms. The summed E-state index contributed by atoms with van der Waals surface area (Å²) < 4.78 is 0. The summed E-state index contributed by atoms with van der Waals surface area (Å²) in [5, 5.41) is 1.95. The maximum atomic E-state index is 6.10. The molecule has 2 heteroatoms. The van der Waals surface area contributed by atoms with Gasteiger partial charge < -0.3 is 5.01 Å². The average Bonchev–Trinajstić information content (AvgIpc) is 2.55.